The topological polar surface area (TPSA) is 34.1 Å². The van der Waals surface area contributed by atoms with Gasteiger partial charge in [-0.1, -0.05) is 0 Å². The fourth-order valence-electron chi connectivity index (χ4n) is 0. The first-order chi connectivity index (χ1) is 2.00. The summed E-state index contributed by atoms with van der Waals surface area (Å²) in [4.78, 5) is 0. The quantitative estimate of drug-likeness (QED) is 0.562. The molecule has 5 heavy (non-hydrogen) atoms. The van der Waals surface area contributed by atoms with Crippen LogP contribution >= 0.6 is 0 Å². The molecule has 0 atom stereocenters. The van der Waals surface area contributed by atoms with Crippen molar-refractivity contribution in [2.24, 2.45) is 0 Å². The van der Waals surface area contributed by atoms with Crippen LogP contribution in [-0.4, -0.2) is 0 Å². The summed E-state index contributed by atoms with van der Waals surface area (Å²) in [6.45, 7) is 0. The van der Waals surface area contributed by atoms with Crippen LogP contribution in [0.1, 0.15) is 0 Å². The monoisotopic (exact) mass is 355 g/mol. The van der Waals surface area contributed by atoms with E-state index in [1.807, 2.05) is 0 Å². The van der Waals surface area contributed by atoms with E-state index in [1.165, 1.54) is 0 Å². The Kier molecular flexibility index (Phi) is 95.8. The molecule has 0 aromatic carbocycles. The molecule has 0 aromatic rings. The van der Waals surface area contributed by atoms with Gasteiger partial charge in [-0.25, -0.2) is 0 Å². The zero-order valence-corrected chi connectivity index (χ0v) is 10.1. The predicted molar refractivity (Wildman–Crippen MR) is 1.37 cm³/mol. The molecule has 0 N–H and O–H groups in total. The fraction of sp³-hybridized carbons (Fsp3) is 0. The van der Waals surface area contributed by atoms with Crippen LogP contribution in [-0.2, 0) is 50.9 Å². The van der Waals surface area contributed by atoms with E-state index in [4.69, 9.17) is 3.75 Å². The van der Waals surface area contributed by atoms with Crippen LogP contribution in [0.2, 0.25) is 0 Å². The van der Waals surface area contributed by atoms with Gasteiger partial charge in [0.05, 0.1) is 0 Å². The second-order valence-corrected chi connectivity index (χ2v) is 0. The van der Waals surface area contributed by atoms with Crippen LogP contribution in [0, 0.1) is 39.8 Å². The van der Waals surface area contributed by atoms with Crippen LogP contribution in [0.25, 0.3) is 0 Å². The summed E-state index contributed by atoms with van der Waals surface area (Å²) in [5.74, 6) is 0. The molecule has 0 amide bonds. The molecule has 0 aliphatic rings. The van der Waals surface area contributed by atoms with Gasteiger partial charge in [-0.2, -0.15) is 0 Å². The van der Waals surface area contributed by atoms with Gasteiger partial charge in [0.2, 0.25) is 0 Å². The van der Waals surface area contributed by atoms with Gasteiger partial charge in [-0.3, -0.25) is 0 Å². The average Bonchev–Trinajstić information content (AvgIpc) is 1.50. The molecule has 0 saturated carbocycles. The Hall–Kier alpha value is 2.60. The first-order valence-electron chi connectivity index (χ1n) is 0.408. The first kappa shape index (κ1) is 15.6. The molecule has 0 aliphatic carbocycles. The molecule has 0 bridgehead atoms. The van der Waals surface area contributed by atoms with Crippen molar-refractivity contribution in [2.75, 3.05) is 0 Å². The third-order valence-corrected chi connectivity index (χ3v) is 0. The van der Waals surface area contributed by atoms with E-state index in [-0.39, 0.29) is 62.2 Å². The van der Waals surface area contributed by atoms with Gasteiger partial charge in [-0.15, -0.1) is 0 Å². The molecule has 2 nitrogen and oxygen atoms in total. The van der Waals surface area contributed by atoms with Gasteiger partial charge in [0.1, 0.15) is 0 Å². The summed E-state index contributed by atoms with van der Waals surface area (Å²) in [5.41, 5.74) is 0. The molecule has 25 valence electrons. The summed E-state index contributed by atoms with van der Waals surface area (Å²) in [6.07, 6.45) is 0. The number of rotatable bonds is 0. The van der Waals surface area contributed by atoms with Crippen LogP contribution in [0.15, 0.2) is 0 Å². The van der Waals surface area contributed by atoms with Gasteiger partial charge < -0.3 is 0 Å². The van der Waals surface area contributed by atoms with Gasteiger partial charge in [-0.05, 0) is 0 Å². The number of hydrogen-bond donors (Lipinski definition) is 0. The zero-order valence-electron chi connectivity index (χ0n) is 2.26. The van der Waals surface area contributed by atoms with Crippen LogP contribution in [0.5, 0.6) is 0 Å². The van der Waals surface area contributed by atoms with Crippen LogP contribution in [0.4, 0.5) is 0 Å². The van der Waals surface area contributed by atoms with Gasteiger partial charge in [0.15, 0.2) is 0 Å². The fourth-order valence-corrected chi connectivity index (χ4v) is 0. The Balaban J connectivity index is -0.0000000133. The Labute approximate surface area is 88.4 Å². The number of hydrogen-bond acceptors (Lipinski definition) is 2. The Morgan fingerprint density at radius 3 is 1.20 bits per heavy atom. The maximum absolute atomic E-state index is 8.39. The molecular weight excluding hydrogens is 356 g/mol. The minimum atomic E-state index is 0. The summed E-state index contributed by atoms with van der Waals surface area (Å²) in [5, 5.41) is 0. The summed E-state index contributed by atoms with van der Waals surface area (Å²) >= 11 is 0.356. The normalized spacial score (nSPS) is 1.20. The van der Waals surface area contributed by atoms with Crippen molar-refractivity contribution in [3.05, 3.63) is 0 Å². The second kappa shape index (κ2) is 30.6. The predicted octanol–water partition coefficient (Wildman–Crippen LogP) is -0.243. The maximum atomic E-state index is 8.39. The molecule has 0 saturated heterocycles. The van der Waals surface area contributed by atoms with E-state index in [0.717, 1.165) is 0 Å². The van der Waals surface area contributed by atoms with Crippen LogP contribution < -0.4 is 0 Å². The van der Waals surface area contributed by atoms with Crippen molar-refractivity contribution in [3.8, 4) is 0 Å². The van der Waals surface area contributed by atoms with E-state index in [2.05, 4.69) is 0 Å². The summed E-state index contributed by atoms with van der Waals surface area (Å²) in [6, 6.07) is 0. The molecule has 0 heterocycles. The molecule has 0 rings (SSSR count). The van der Waals surface area contributed by atoms with Crippen molar-refractivity contribution in [3.63, 3.8) is 0 Å². The van der Waals surface area contributed by atoms with E-state index >= 15 is 0 Å². The summed E-state index contributed by atoms with van der Waals surface area (Å²) in [7, 11) is 0. The first-order valence-corrected chi connectivity index (χ1v) is 2.69. The Morgan fingerprint density at radius 2 is 1.20 bits per heavy atom. The van der Waals surface area contributed by atoms with Crippen LogP contribution in [0.3, 0.4) is 0 Å². The molecule has 0 aromatic heterocycles. The standard InChI is InChI=1S/Ce.Nb.2O.Zr. The third kappa shape index (κ3) is 20.7. The van der Waals surface area contributed by atoms with Crippen molar-refractivity contribution in [1.82, 2.24) is 0 Å². The Morgan fingerprint density at radius 1 is 1.20 bits per heavy atom. The SMILES string of the molecule is [Nb].[O]=[Ce].[O]=[Zr]. The average molecular weight is 356 g/mol. The third-order valence-electron chi connectivity index (χ3n) is 0. The van der Waals surface area contributed by atoms with E-state index in [0.29, 0.717) is 24.7 Å². The molecular formula is CeNbO2Zr. The summed E-state index contributed by atoms with van der Waals surface area (Å²) < 4.78 is 16.7. The molecule has 1 radical (unpaired) electrons. The van der Waals surface area contributed by atoms with E-state index in [1.54, 1.807) is 0 Å². The van der Waals surface area contributed by atoms with Gasteiger partial charge >= 0.3 is 68.2 Å². The molecule has 0 unspecified atom stereocenters. The molecule has 0 fully saturated rings. The molecule has 0 aliphatic heterocycles. The molecule has 5 heteroatoms. The van der Waals surface area contributed by atoms with E-state index < -0.39 is 0 Å². The molecule has 0 spiro atoms. The van der Waals surface area contributed by atoms with Gasteiger partial charge in [0.25, 0.3) is 0 Å². The van der Waals surface area contributed by atoms with Crippen molar-refractivity contribution >= 4 is 0 Å². The van der Waals surface area contributed by atoms with Crippen molar-refractivity contribution < 1.29 is 90.6 Å². The second-order valence-electron chi connectivity index (χ2n) is 0. The minimum absolute atomic E-state index is 0. The zero-order chi connectivity index (χ0) is 4.00. The Bertz CT molecular complexity index is 11.6. The van der Waals surface area contributed by atoms with Crippen molar-refractivity contribution in [2.45, 2.75) is 0 Å². The van der Waals surface area contributed by atoms with E-state index in [9.17, 15) is 0 Å². The van der Waals surface area contributed by atoms with Crippen molar-refractivity contribution in [1.29, 1.82) is 0 Å². The van der Waals surface area contributed by atoms with Gasteiger partial charge in [0, 0.05) is 22.4 Å².